The van der Waals surface area contributed by atoms with E-state index in [0.29, 0.717) is 5.02 Å². The number of hydrogen-bond donors (Lipinski definition) is 2. The Hall–Kier alpha value is -1.13. The lowest BCUT2D eigenvalue weighted by Gasteiger charge is -2.25. The van der Waals surface area contributed by atoms with Gasteiger partial charge in [-0.1, -0.05) is 24.1 Å². The van der Waals surface area contributed by atoms with E-state index in [1.807, 2.05) is 6.92 Å². The highest BCUT2D eigenvalue weighted by molar-refractivity contribution is 6.31. The van der Waals surface area contributed by atoms with Crippen molar-refractivity contribution in [3.05, 3.63) is 34.6 Å². The maximum absolute atomic E-state index is 13.0. The smallest absolute Gasteiger partial charge is 0.237 e. The summed E-state index contributed by atoms with van der Waals surface area (Å²) < 4.78 is 13.0. The van der Waals surface area contributed by atoms with E-state index in [9.17, 15) is 9.18 Å². The van der Waals surface area contributed by atoms with Gasteiger partial charge >= 0.3 is 0 Å². The average molecular weight is 285 g/mol. The summed E-state index contributed by atoms with van der Waals surface area (Å²) in [5, 5.41) is 6.45. The molecule has 2 unspecified atom stereocenters. The van der Waals surface area contributed by atoms with Crippen LogP contribution in [0.3, 0.4) is 0 Å². The number of piperidine rings is 1. The van der Waals surface area contributed by atoms with Crippen LogP contribution in [0, 0.1) is 5.82 Å². The third-order valence-corrected chi connectivity index (χ3v) is 3.74. The van der Waals surface area contributed by atoms with Crippen molar-refractivity contribution in [3.8, 4) is 0 Å². The molecule has 0 bridgehead atoms. The summed E-state index contributed by atoms with van der Waals surface area (Å²) in [5.74, 6) is -0.395. The van der Waals surface area contributed by atoms with E-state index < -0.39 is 0 Å². The van der Waals surface area contributed by atoms with Crippen molar-refractivity contribution in [3.63, 3.8) is 0 Å². The van der Waals surface area contributed by atoms with E-state index in [1.165, 1.54) is 12.1 Å². The zero-order valence-corrected chi connectivity index (χ0v) is 11.6. The number of rotatable bonds is 3. The van der Waals surface area contributed by atoms with Gasteiger partial charge in [0.25, 0.3) is 0 Å². The van der Waals surface area contributed by atoms with Crippen LogP contribution in [0.15, 0.2) is 18.2 Å². The topological polar surface area (TPSA) is 41.1 Å². The van der Waals surface area contributed by atoms with Crippen molar-refractivity contribution in [1.82, 2.24) is 10.6 Å². The molecule has 2 N–H and O–H groups in total. The lowest BCUT2D eigenvalue weighted by atomic mass is 10.0. The Kier molecular flexibility index (Phi) is 4.77. The molecule has 104 valence electrons. The zero-order chi connectivity index (χ0) is 13.8. The van der Waals surface area contributed by atoms with Gasteiger partial charge in [-0.15, -0.1) is 0 Å². The fourth-order valence-corrected chi connectivity index (χ4v) is 2.65. The van der Waals surface area contributed by atoms with Gasteiger partial charge in [0.2, 0.25) is 5.91 Å². The predicted octanol–water partition coefficient (Wildman–Crippen LogP) is 2.80. The van der Waals surface area contributed by atoms with Gasteiger partial charge in [-0.3, -0.25) is 4.79 Å². The van der Waals surface area contributed by atoms with Gasteiger partial charge in [0, 0.05) is 5.02 Å². The number of amides is 1. The Morgan fingerprint density at radius 1 is 1.53 bits per heavy atom. The Morgan fingerprint density at radius 2 is 2.32 bits per heavy atom. The largest absolute Gasteiger partial charge is 0.348 e. The second-order valence-electron chi connectivity index (χ2n) is 4.90. The fraction of sp³-hybridized carbons (Fsp3) is 0.500. The van der Waals surface area contributed by atoms with E-state index in [0.717, 1.165) is 31.4 Å². The second kappa shape index (κ2) is 6.35. The van der Waals surface area contributed by atoms with Crippen LogP contribution >= 0.6 is 11.6 Å². The number of carbonyl (C=O) groups excluding carboxylic acids is 1. The molecule has 19 heavy (non-hydrogen) atoms. The maximum Gasteiger partial charge on any atom is 0.237 e. The van der Waals surface area contributed by atoms with Crippen LogP contribution in [-0.2, 0) is 4.79 Å². The first kappa shape index (κ1) is 14.3. The molecule has 0 saturated carbocycles. The highest BCUT2D eigenvalue weighted by Crippen LogP contribution is 2.23. The summed E-state index contributed by atoms with van der Waals surface area (Å²) in [6.07, 6.45) is 3.04. The highest BCUT2D eigenvalue weighted by atomic mass is 35.5. The van der Waals surface area contributed by atoms with Gasteiger partial charge in [0.1, 0.15) is 5.82 Å². The molecule has 5 heteroatoms. The number of hydrogen-bond acceptors (Lipinski definition) is 2. The molecule has 1 aliphatic rings. The molecular weight excluding hydrogens is 267 g/mol. The minimum atomic E-state index is -0.374. The SMILES string of the molecule is CC(NC(=O)C1CCCCN1)c1ccc(F)cc1Cl. The van der Waals surface area contributed by atoms with Crippen LogP contribution in [0.2, 0.25) is 5.02 Å². The minimum Gasteiger partial charge on any atom is -0.348 e. The molecule has 2 atom stereocenters. The Bertz CT molecular complexity index is 461. The fourth-order valence-electron chi connectivity index (χ4n) is 2.32. The van der Waals surface area contributed by atoms with E-state index in [4.69, 9.17) is 11.6 Å². The molecule has 1 aromatic carbocycles. The van der Waals surface area contributed by atoms with Gasteiger partial charge in [-0.2, -0.15) is 0 Å². The van der Waals surface area contributed by atoms with E-state index in [2.05, 4.69) is 10.6 Å². The third-order valence-electron chi connectivity index (χ3n) is 3.41. The number of carbonyl (C=O) groups is 1. The Balaban J connectivity index is 1.99. The van der Waals surface area contributed by atoms with Crippen molar-refractivity contribution in [2.75, 3.05) is 6.54 Å². The molecule has 0 radical (unpaired) electrons. The molecule has 0 spiro atoms. The summed E-state index contributed by atoms with van der Waals surface area (Å²) in [5.41, 5.74) is 0.729. The van der Waals surface area contributed by atoms with Crippen LogP contribution in [0.25, 0.3) is 0 Å². The van der Waals surface area contributed by atoms with Gasteiger partial charge in [-0.25, -0.2) is 4.39 Å². The van der Waals surface area contributed by atoms with Gasteiger partial charge in [0.15, 0.2) is 0 Å². The first-order valence-corrected chi connectivity index (χ1v) is 6.94. The van der Waals surface area contributed by atoms with Gasteiger partial charge in [0.05, 0.1) is 12.1 Å². The highest BCUT2D eigenvalue weighted by Gasteiger charge is 2.22. The molecule has 3 nitrogen and oxygen atoms in total. The monoisotopic (exact) mass is 284 g/mol. The van der Waals surface area contributed by atoms with Gasteiger partial charge < -0.3 is 10.6 Å². The van der Waals surface area contributed by atoms with Crippen LogP contribution in [0.5, 0.6) is 0 Å². The summed E-state index contributed by atoms with van der Waals surface area (Å²) in [4.78, 5) is 12.1. The summed E-state index contributed by atoms with van der Waals surface area (Å²) in [6.45, 7) is 2.73. The predicted molar refractivity (Wildman–Crippen MR) is 73.6 cm³/mol. The standard InChI is InChI=1S/C14H18ClFN2O/c1-9(11-6-5-10(16)8-12(11)15)18-14(19)13-4-2-3-7-17-13/h5-6,8-9,13,17H,2-4,7H2,1H3,(H,18,19). The second-order valence-corrected chi connectivity index (χ2v) is 5.31. The quantitative estimate of drug-likeness (QED) is 0.896. The summed E-state index contributed by atoms with van der Waals surface area (Å²) in [7, 11) is 0. The van der Waals surface area contributed by atoms with E-state index in [-0.39, 0.29) is 23.8 Å². The molecule has 1 heterocycles. The maximum atomic E-state index is 13.0. The number of halogens is 2. The Morgan fingerprint density at radius 3 is 2.95 bits per heavy atom. The molecule has 1 saturated heterocycles. The molecule has 1 aromatic rings. The summed E-state index contributed by atoms with van der Waals surface area (Å²) in [6, 6.07) is 3.86. The van der Waals surface area contributed by atoms with E-state index in [1.54, 1.807) is 6.07 Å². The van der Waals surface area contributed by atoms with Crippen molar-refractivity contribution >= 4 is 17.5 Å². The first-order chi connectivity index (χ1) is 9.08. The average Bonchev–Trinajstić information content (AvgIpc) is 2.39. The summed E-state index contributed by atoms with van der Waals surface area (Å²) >= 11 is 5.99. The van der Waals surface area contributed by atoms with Crippen molar-refractivity contribution in [1.29, 1.82) is 0 Å². The van der Waals surface area contributed by atoms with Crippen LogP contribution in [-0.4, -0.2) is 18.5 Å². The van der Waals surface area contributed by atoms with Crippen molar-refractivity contribution in [2.24, 2.45) is 0 Å². The molecule has 1 amide bonds. The zero-order valence-electron chi connectivity index (χ0n) is 10.9. The Labute approximate surface area is 117 Å². The van der Waals surface area contributed by atoms with Crippen LogP contribution in [0.1, 0.15) is 37.8 Å². The molecule has 1 aliphatic heterocycles. The van der Waals surface area contributed by atoms with Crippen molar-refractivity contribution in [2.45, 2.75) is 38.3 Å². The first-order valence-electron chi connectivity index (χ1n) is 6.56. The van der Waals surface area contributed by atoms with Gasteiger partial charge in [-0.05, 0) is 44.0 Å². The lowest BCUT2D eigenvalue weighted by molar-refractivity contribution is -0.124. The minimum absolute atomic E-state index is 0.0207. The number of nitrogens with one attached hydrogen (secondary N) is 2. The molecule has 0 aromatic heterocycles. The molecular formula is C14H18ClFN2O. The van der Waals surface area contributed by atoms with Crippen molar-refractivity contribution < 1.29 is 9.18 Å². The normalized spacial score (nSPS) is 20.9. The molecule has 2 rings (SSSR count). The lowest BCUT2D eigenvalue weighted by Crippen LogP contribution is -2.47. The van der Waals surface area contributed by atoms with Crippen LogP contribution < -0.4 is 10.6 Å². The molecule has 1 fully saturated rings. The number of benzene rings is 1. The molecule has 0 aliphatic carbocycles. The third kappa shape index (κ3) is 3.67. The van der Waals surface area contributed by atoms with E-state index >= 15 is 0 Å². The van der Waals surface area contributed by atoms with Crippen LogP contribution in [0.4, 0.5) is 4.39 Å².